The first-order valence-corrected chi connectivity index (χ1v) is 9.72. The van der Waals surface area contributed by atoms with Crippen LogP contribution in [0.4, 0.5) is 5.13 Å². The van der Waals surface area contributed by atoms with Gasteiger partial charge in [0.25, 0.3) is 0 Å². The first-order valence-electron chi connectivity index (χ1n) is 7.75. The van der Waals surface area contributed by atoms with E-state index in [2.05, 4.69) is 51.8 Å². The van der Waals surface area contributed by atoms with Crippen molar-refractivity contribution < 1.29 is 0 Å². The largest absolute Gasteiger partial charge is 0.346 e. The van der Waals surface area contributed by atoms with Crippen LogP contribution >= 0.6 is 23.1 Å². The minimum atomic E-state index is 0.105. The number of thiazole rings is 1. The molecule has 0 aromatic carbocycles. The molecule has 1 aromatic rings. The Kier molecular flexibility index (Phi) is 5.27. The van der Waals surface area contributed by atoms with Crippen LogP contribution in [-0.2, 0) is 12.0 Å². The Morgan fingerprint density at radius 2 is 1.71 bits per heavy atom. The first kappa shape index (κ1) is 17.1. The zero-order valence-corrected chi connectivity index (χ0v) is 15.9. The van der Waals surface area contributed by atoms with Gasteiger partial charge in [-0.3, -0.25) is 0 Å². The molecule has 1 saturated heterocycles. The number of thioether (sulfide) groups is 1. The summed E-state index contributed by atoms with van der Waals surface area (Å²) >= 11 is 3.92. The normalized spacial score (nSPS) is 17.3. The van der Waals surface area contributed by atoms with Gasteiger partial charge in [0.1, 0.15) is 0 Å². The molecule has 21 heavy (non-hydrogen) atoms. The average Bonchev–Trinajstić information content (AvgIpc) is 2.81. The highest BCUT2D eigenvalue weighted by atomic mass is 32.2. The second kappa shape index (κ2) is 6.47. The summed E-state index contributed by atoms with van der Waals surface area (Å²) < 4.78 is 0. The van der Waals surface area contributed by atoms with Gasteiger partial charge in [0.15, 0.2) is 5.13 Å². The molecule has 0 atom stereocenters. The van der Waals surface area contributed by atoms with Crippen molar-refractivity contribution in [3.05, 3.63) is 10.6 Å². The second-order valence-electron chi connectivity index (χ2n) is 7.72. The van der Waals surface area contributed by atoms with Crippen LogP contribution in [-0.4, -0.2) is 35.1 Å². The van der Waals surface area contributed by atoms with E-state index >= 15 is 0 Å². The van der Waals surface area contributed by atoms with Crippen LogP contribution in [0, 0.1) is 0 Å². The van der Waals surface area contributed by atoms with Crippen molar-refractivity contribution in [3.8, 4) is 0 Å². The highest BCUT2D eigenvalue weighted by Gasteiger charge is 2.26. The lowest BCUT2D eigenvalue weighted by Gasteiger charge is -2.25. The van der Waals surface area contributed by atoms with Gasteiger partial charge in [-0.05, 0) is 20.8 Å². The Morgan fingerprint density at radius 1 is 1.10 bits per heavy atom. The molecule has 2 heterocycles. The van der Waals surface area contributed by atoms with Crippen LogP contribution in [0.5, 0.6) is 0 Å². The van der Waals surface area contributed by atoms with Gasteiger partial charge < -0.3 is 10.2 Å². The van der Waals surface area contributed by atoms with E-state index in [4.69, 9.17) is 4.98 Å². The highest BCUT2D eigenvalue weighted by molar-refractivity contribution is 7.99. The maximum absolute atomic E-state index is 5.00. The molecule has 3 nitrogen and oxygen atoms in total. The Labute approximate surface area is 137 Å². The monoisotopic (exact) mass is 327 g/mol. The summed E-state index contributed by atoms with van der Waals surface area (Å²) in [5, 5.41) is 4.83. The average molecular weight is 328 g/mol. The minimum absolute atomic E-state index is 0.105. The fourth-order valence-electron chi connectivity index (χ4n) is 2.28. The predicted molar refractivity (Wildman–Crippen MR) is 96.9 cm³/mol. The van der Waals surface area contributed by atoms with Crippen LogP contribution in [0.1, 0.15) is 52.1 Å². The van der Waals surface area contributed by atoms with Gasteiger partial charge in [-0.15, -0.1) is 11.3 Å². The molecule has 2 rings (SSSR count). The number of hydrogen-bond donors (Lipinski definition) is 1. The van der Waals surface area contributed by atoms with Crippen LogP contribution < -0.4 is 10.2 Å². The van der Waals surface area contributed by atoms with Gasteiger partial charge in [0, 0.05) is 47.0 Å². The lowest BCUT2D eigenvalue weighted by Crippen LogP contribution is -2.35. The quantitative estimate of drug-likeness (QED) is 0.912. The molecule has 0 spiro atoms. The van der Waals surface area contributed by atoms with E-state index in [0.717, 1.165) is 19.6 Å². The summed E-state index contributed by atoms with van der Waals surface area (Å²) in [5.41, 5.74) is 1.51. The van der Waals surface area contributed by atoms with E-state index < -0.39 is 0 Å². The summed E-state index contributed by atoms with van der Waals surface area (Å²) in [6.07, 6.45) is 0. The molecular weight excluding hydrogens is 298 g/mol. The van der Waals surface area contributed by atoms with Gasteiger partial charge >= 0.3 is 0 Å². The fraction of sp³-hybridized carbons (Fsp3) is 0.812. The molecule has 1 aliphatic heterocycles. The number of aromatic nitrogens is 1. The zero-order valence-electron chi connectivity index (χ0n) is 14.2. The minimum Gasteiger partial charge on any atom is -0.346 e. The topological polar surface area (TPSA) is 28.2 Å². The standard InChI is InChI=1S/C16H29N3S2/c1-15(2,3)13-12(11-17-16(4,5)6)21-14(18-13)19-7-9-20-10-8-19/h17H,7-11H2,1-6H3. The molecule has 0 amide bonds. The molecule has 1 N–H and O–H groups in total. The lowest BCUT2D eigenvalue weighted by molar-refractivity contribution is 0.422. The maximum atomic E-state index is 5.00. The van der Waals surface area contributed by atoms with Crippen molar-refractivity contribution in [2.45, 2.75) is 59.0 Å². The van der Waals surface area contributed by atoms with Crippen molar-refractivity contribution in [2.75, 3.05) is 29.5 Å². The molecule has 0 saturated carbocycles. The third-order valence-corrected chi connectivity index (χ3v) is 5.52. The molecule has 1 aliphatic rings. The maximum Gasteiger partial charge on any atom is 0.185 e. The molecule has 0 unspecified atom stereocenters. The summed E-state index contributed by atoms with van der Waals surface area (Å²) in [7, 11) is 0. The van der Waals surface area contributed by atoms with Crippen molar-refractivity contribution in [3.63, 3.8) is 0 Å². The van der Waals surface area contributed by atoms with E-state index in [1.807, 2.05) is 23.1 Å². The third kappa shape index (κ3) is 4.86. The molecule has 5 heteroatoms. The van der Waals surface area contributed by atoms with E-state index in [9.17, 15) is 0 Å². The molecule has 120 valence electrons. The Hall–Kier alpha value is -0.260. The third-order valence-electron chi connectivity index (χ3n) is 3.46. The Bertz CT molecular complexity index is 463. The molecule has 0 bridgehead atoms. The van der Waals surface area contributed by atoms with E-state index in [0.29, 0.717) is 0 Å². The summed E-state index contributed by atoms with van der Waals surface area (Å²) in [6, 6.07) is 0. The van der Waals surface area contributed by atoms with Gasteiger partial charge in [-0.1, -0.05) is 20.8 Å². The number of nitrogens with one attached hydrogen (secondary N) is 1. The SMILES string of the molecule is CC(C)(C)NCc1sc(N2CCSCC2)nc1C(C)(C)C. The first-order chi connectivity index (χ1) is 9.67. The molecular formula is C16H29N3S2. The number of anilines is 1. The molecule has 0 aliphatic carbocycles. The van der Waals surface area contributed by atoms with Gasteiger partial charge in [0.05, 0.1) is 5.69 Å². The van der Waals surface area contributed by atoms with Crippen LogP contribution in [0.15, 0.2) is 0 Å². The van der Waals surface area contributed by atoms with Gasteiger partial charge in [-0.2, -0.15) is 11.8 Å². The Morgan fingerprint density at radius 3 is 2.24 bits per heavy atom. The summed E-state index contributed by atoms with van der Waals surface area (Å²) in [4.78, 5) is 8.85. The molecule has 1 fully saturated rings. The smallest absolute Gasteiger partial charge is 0.185 e. The Balaban J connectivity index is 2.22. The summed E-state index contributed by atoms with van der Waals surface area (Å²) in [5.74, 6) is 2.44. The van der Waals surface area contributed by atoms with Crippen LogP contribution in [0.3, 0.4) is 0 Å². The summed E-state index contributed by atoms with van der Waals surface area (Å²) in [6.45, 7) is 16.6. The fourth-order valence-corrected chi connectivity index (χ4v) is 4.45. The number of rotatable bonds is 3. The number of hydrogen-bond acceptors (Lipinski definition) is 5. The van der Waals surface area contributed by atoms with Gasteiger partial charge in [0.2, 0.25) is 0 Å². The number of nitrogens with zero attached hydrogens (tertiary/aromatic N) is 2. The lowest BCUT2D eigenvalue weighted by atomic mass is 9.91. The van der Waals surface area contributed by atoms with E-state index in [1.54, 1.807) is 0 Å². The van der Waals surface area contributed by atoms with Crippen molar-refractivity contribution >= 4 is 28.2 Å². The van der Waals surface area contributed by atoms with Crippen LogP contribution in [0.2, 0.25) is 0 Å². The zero-order chi connectivity index (χ0) is 15.7. The predicted octanol–water partition coefficient (Wildman–Crippen LogP) is 3.88. The molecule has 0 radical (unpaired) electrons. The van der Waals surface area contributed by atoms with Crippen molar-refractivity contribution in [1.82, 2.24) is 10.3 Å². The van der Waals surface area contributed by atoms with Crippen molar-refractivity contribution in [2.24, 2.45) is 0 Å². The van der Waals surface area contributed by atoms with E-state index in [1.165, 1.54) is 27.2 Å². The molecule has 1 aromatic heterocycles. The van der Waals surface area contributed by atoms with Crippen LogP contribution in [0.25, 0.3) is 0 Å². The highest BCUT2D eigenvalue weighted by Crippen LogP contribution is 2.34. The second-order valence-corrected chi connectivity index (χ2v) is 10.0. The van der Waals surface area contributed by atoms with Crippen molar-refractivity contribution in [1.29, 1.82) is 0 Å². The van der Waals surface area contributed by atoms with E-state index in [-0.39, 0.29) is 11.0 Å². The van der Waals surface area contributed by atoms with Gasteiger partial charge in [-0.25, -0.2) is 4.98 Å².